The second kappa shape index (κ2) is 19.0. The van der Waals surface area contributed by atoms with E-state index in [2.05, 4.69) is 20.4 Å². The van der Waals surface area contributed by atoms with Gasteiger partial charge in [-0.2, -0.15) is 0 Å². The molecule has 0 rings (SSSR count). The Morgan fingerprint density at radius 3 is 1.71 bits per heavy atom. The minimum atomic E-state index is 0.803. The molecule has 0 aliphatic carbocycles. The molecule has 1 unspecified atom stereocenters. The highest BCUT2D eigenvalue weighted by molar-refractivity contribution is 4.93. The first-order valence-electron chi connectivity index (χ1n) is 11.1. The smallest absolute Gasteiger partial charge is 0.00742 e. The van der Waals surface area contributed by atoms with Crippen LogP contribution in [0.3, 0.4) is 0 Å². The van der Waals surface area contributed by atoms with Crippen molar-refractivity contribution in [3.05, 3.63) is 12.2 Å². The fourth-order valence-corrected chi connectivity index (χ4v) is 3.62. The highest BCUT2D eigenvalue weighted by Crippen LogP contribution is 2.25. The zero-order chi connectivity index (χ0) is 17.9. The zero-order valence-corrected chi connectivity index (χ0v) is 17.1. The van der Waals surface area contributed by atoms with Crippen LogP contribution in [0.4, 0.5) is 0 Å². The molecule has 1 nitrogen and oxygen atoms in total. The molecule has 0 bridgehead atoms. The van der Waals surface area contributed by atoms with Gasteiger partial charge in [0, 0.05) is 0 Å². The van der Waals surface area contributed by atoms with Gasteiger partial charge in [-0.05, 0) is 38.1 Å². The van der Waals surface area contributed by atoms with Gasteiger partial charge >= 0.3 is 0 Å². The van der Waals surface area contributed by atoms with Crippen LogP contribution in [0.1, 0.15) is 123 Å². The van der Waals surface area contributed by atoms with Crippen LogP contribution in [0.15, 0.2) is 12.2 Å². The van der Waals surface area contributed by atoms with Crippen molar-refractivity contribution in [3.63, 3.8) is 0 Å². The van der Waals surface area contributed by atoms with Gasteiger partial charge in [-0.3, -0.25) is 0 Å². The summed E-state index contributed by atoms with van der Waals surface area (Å²) in [5, 5.41) is 0. The summed E-state index contributed by atoms with van der Waals surface area (Å²) in [6, 6.07) is 0. The molecule has 0 radical (unpaired) electrons. The Labute approximate surface area is 153 Å². The first-order valence-corrected chi connectivity index (χ1v) is 11.1. The molecule has 0 amide bonds. The van der Waals surface area contributed by atoms with E-state index in [1.54, 1.807) is 0 Å². The van der Waals surface area contributed by atoms with E-state index < -0.39 is 0 Å². The predicted octanol–water partition coefficient (Wildman–Crippen LogP) is 7.79. The van der Waals surface area contributed by atoms with Crippen molar-refractivity contribution in [1.29, 1.82) is 0 Å². The fourth-order valence-electron chi connectivity index (χ4n) is 3.62. The zero-order valence-electron chi connectivity index (χ0n) is 17.1. The maximum absolute atomic E-state index is 5.59. The molecule has 0 saturated heterocycles. The lowest BCUT2D eigenvalue weighted by molar-refractivity contribution is 0.372. The second-order valence-corrected chi connectivity index (χ2v) is 7.81. The number of allylic oxidation sites excluding steroid dienone is 1. The summed E-state index contributed by atoms with van der Waals surface area (Å²) >= 11 is 0. The highest BCUT2D eigenvalue weighted by atomic mass is 14.5. The summed E-state index contributed by atoms with van der Waals surface area (Å²) in [5.74, 6) is 0.968. The molecule has 1 heteroatoms. The van der Waals surface area contributed by atoms with Crippen LogP contribution in [0.25, 0.3) is 0 Å². The quantitative estimate of drug-likeness (QED) is 0.189. The Morgan fingerprint density at radius 2 is 1.12 bits per heavy atom. The molecule has 144 valence electrons. The van der Waals surface area contributed by atoms with E-state index >= 15 is 0 Å². The predicted molar refractivity (Wildman–Crippen MR) is 112 cm³/mol. The molecule has 1 atom stereocenters. The molecule has 0 aliphatic rings. The minimum absolute atomic E-state index is 0.803. The van der Waals surface area contributed by atoms with Crippen LogP contribution in [0, 0.1) is 5.92 Å². The molecule has 0 aromatic rings. The topological polar surface area (TPSA) is 26.0 Å². The lowest BCUT2D eigenvalue weighted by Crippen LogP contribution is -2.02. The maximum atomic E-state index is 5.59. The van der Waals surface area contributed by atoms with Crippen LogP contribution in [0.5, 0.6) is 0 Å². The van der Waals surface area contributed by atoms with Crippen molar-refractivity contribution in [2.75, 3.05) is 6.54 Å². The first kappa shape index (κ1) is 23.7. The van der Waals surface area contributed by atoms with Gasteiger partial charge in [-0.15, -0.1) is 0 Å². The van der Waals surface area contributed by atoms with E-state index in [0.717, 1.165) is 25.3 Å². The van der Waals surface area contributed by atoms with Crippen molar-refractivity contribution in [3.8, 4) is 0 Å². The first-order chi connectivity index (χ1) is 11.7. The second-order valence-electron chi connectivity index (χ2n) is 7.81. The summed E-state index contributed by atoms with van der Waals surface area (Å²) in [4.78, 5) is 0. The third kappa shape index (κ3) is 16.6. The Balaban J connectivity index is 3.88. The van der Waals surface area contributed by atoms with Gasteiger partial charge in [0.1, 0.15) is 0 Å². The van der Waals surface area contributed by atoms with Crippen LogP contribution in [-0.4, -0.2) is 6.54 Å². The number of unbranched alkanes of at least 4 members (excludes halogenated alkanes) is 8. The Bertz CT molecular complexity index is 259. The van der Waals surface area contributed by atoms with Crippen molar-refractivity contribution < 1.29 is 0 Å². The maximum Gasteiger partial charge on any atom is -0.00742 e. The molecule has 0 aliphatic heterocycles. The molecular weight excluding hydrogens is 290 g/mol. The van der Waals surface area contributed by atoms with Gasteiger partial charge in [0.25, 0.3) is 0 Å². The standard InChI is InChI=1S/C23H47N/c1-4-6-8-10-11-13-19-23(18-12-9-7-5-2)20-14-16-22(3)17-15-21-24/h23H,3-21,24H2,1-2H3. The van der Waals surface area contributed by atoms with Crippen molar-refractivity contribution >= 4 is 0 Å². The normalized spacial score (nSPS) is 12.5. The van der Waals surface area contributed by atoms with E-state index in [9.17, 15) is 0 Å². The van der Waals surface area contributed by atoms with Crippen LogP contribution in [0.2, 0.25) is 0 Å². The summed E-state index contributed by atoms with van der Waals surface area (Å²) in [7, 11) is 0. The van der Waals surface area contributed by atoms with Gasteiger partial charge in [0.05, 0.1) is 0 Å². The van der Waals surface area contributed by atoms with Gasteiger partial charge < -0.3 is 5.73 Å². The molecule has 0 heterocycles. The number of hydrogen-bond donors (Lipinski definition) is 1. The van der Waals surface area contributed by atoms with Crippen molar-refractivity contribution in [2.24, 2.45) is 11.7 Å². The number of hydrogen-bond acceptors (Lipinski definition) is 1. The number of rotatable bonds is 19. The molecular formula is C23H47N. The largest absolute Gasteiger partial charge is 0.330 e. The van der Waals surface area contributed by atoms with E-state index in [0.29, 0.717) is 0 Å². The highest BCUT2D eigenvalue weighted by Gasteiger charge is 2.09. The Morgan fingerprint density at radius 1 is 0.667 bits per heavy atom. The summed E-state index contributed by atoms with van der Waals surface area (Å²) in [5.41, 5.74) is 7.01. The Hall–Kier alpha value is -0.300. The molecule has 24 heavy (non-hydrogen) atoms. The lowest BCUT2D eigenvalue weighted by atomic mass is 9.89. The van der Waals surface area contributed by atoms with E-state index in [4.69, 9.17) is 5.73 Å². The monoisotopic (exact) mass is 337 g/mol. The molecule has 2 N–H and O–H groups in total. The molecule has 0 aromatic heterocycles. The van der Waals surface area contributed by atoms with Gasteiger partial charge in [-0.1, -0.05) is 109 Å². The summed E-state index contributed by atoms with van der Waals surface area (Å²) in [6.07, 6.45) is 23.4. The molecule has 0 fully saturated rings. The lowest BCUT2D eigenvalue weighted by Gasteiger charge is -2.17. The van der Waals surface area contributed by atoms with Crippen LogP contribution in [-0.2, 0) is 0 Å². The summed E-state index contributed by atoms with van der Waals surface area (Å²) < 4.78 is 0. The number of nitrogens with two attached hydrogens (primary N) is 1. The fraction of sp³-hybridized carbons (Fsp3) is 0.913. The van der Waals surface area contributed by atoms with E-state index in [1.165, 1.54) is 102 Å². The van der Waals surface area contributed by atoms with Crippen molar-refractivity contribution in [1.82, 2.24) is 0 Å². The summed E-state index contributed by atoms with van der Waals surface area (Å²) in [6.45, 7) is 9.63. The third-order valence-corrected chi connectivity index (χ3v) is 5.31. The Kier molecular flexibility index (Phi) is 18.8. The van der Waals surface area contributed by atoms with E-state index in [-0.39, 0.29) is 0 Å². The van der Waals surface area contributed by atoms with Crippen LogP contribution >= 0.6 is 0 Å². The van der Waals surface area contributed by atoms with Gasteiger partial charge in [-0.25, -0.2) is 0 Å². The van der Waals surface area contributed by atoms with Crippen molar-refractivity contribution in [2.45, 2.75) is 123 Å². The molecule has 0 saturated carbocycles. The average molecular weight is 338 g/mol. The third-order valence-electron chi connectivity index (χ3n) is 5.31. The minimum Gasteiger partial charge on any atom is -0.330 e. The SMILES string of the molecule is C=C(CCCN)CCCC(CCCCCC)CCCCCCCC. The van der Waals surface area contributed by atoms with E-state index in [1.807, 2.05) is 0 Å². The van der Waals surface area contributed by atoms with Gasteiger partial charge in [0.15, 0.2) is 0 Å². The average Bonchev–Trinajstić information content (AvgIpc) is 2.59. The van der Waals surface area contributed by atoms with Gasteiger partial charge in [0.2, 0.25) is 0 Å². The molecule has 0 aromatic carbocycles. The van der Waals surface area contributed by atoms with Crippen LogP contribution < -0.4 is 5.73 Å². The molecule has 0 spiro atoms.